The summed E-state index contributed by atoms with van der Waals surface area (Å²) in [4.78, 5) is 0. The second kappa shape index (κ2) is 5.95. The summed E-state index contributed by atoms with van der Waals surface area (Å²) in [7, 11) is 1.56. The van der Waals surface area contributed by atoms with Crippen molar-refractivity contribution in [3.63, 3.8) is 0 Å². The predicted molar refractivity (Wildman–Crippen MR) is 67.8 cm³/mol. The average molecular weight is 267 g/mol. The first-order valence-electron chi connectivity index (χ1n) is 5.88. The molecule has 0 aliphatic rings. The fourth-order valence-corrected chi connectivity index (χ4v) is 1.91. The van der Waals surface area contributed by atoms with Crippen LogP contribution in [0.4, 0.5) is 8.78 Å². The van der Waals surface area contributed by atoms with E-state index in [-0.39, 0.29) is 12.6 Å². The zero-order valence-corrected chi connectivity index (χ0v) is 10.5. The summed E-state index contributed by atoms with van der Waals surface area (Å²) < 4.78 is 32.8. The van der Waals surface area contributed by atoms with Crippen molar-refractivity contribution in [2.24, 2.45) is 0 Å². The van der Waals surface area contributed by atoms with Gasteiger partial charge in [-0.3, -0.25) is 0 Å². The molecule has 2 rings (SSSR count). The van der Waals surface area contributed by atoms with Crippen molar-refractivity contribution in [3.8, 4) is 11.1 Å². The lowest BCUT2D eigenvalue weighted by Gasteiger charge is -2.14. The lowest BCUT2D eigenvalue weighted by atomic mass is 10.1. The van der Waals surface area contributed by atoms with Gasteiger partial charge in [0.25, 0.3) is 0 Å². The van der Waals surface area contributed by atoms with Crippen LogP contribution in [0.15, 0.2) is 36.7 Å². The minimum atomic E-state index is -0.874. The molecule has 1 atom stereocenters. The Balaban J connectivity index is 2.27. The largest absolute Gasteiger partial charge is 0.394 e. The van der Waals surface area contributed by atoms with E-state index in [1.54, 1.807) is 30.1 Å². The van der Waals surface area contributed by atoms with E-state index in [1.165, 1.54) is 6.07 Å². The lowest BCUT2D eigenvalue weighted by Crippen LogP contribution is -2.16. The molecule has 1 N–H and O–H groups in total. The number of halogens is 2. The van der Waals surface area contributed by atoms with Gasteiger partial charge in [-0.1, -0.05) is 6.07 Å². The van der Waals surface area contributed by atoms with Crippen molar-refractivity contribution in [2.75, 3.05) is 20.3 Å². The number of ether oxygens (including phenoxy) is 1. The van der Waals surface area contributed by atoms with Gasteiger partial charge in [0.15, 0.2) is 11.6 Å². The van der Waals surface area contributed by atoms with Gasteiger partial charge in [0.2, 0.25) is 0 Å². The highest BCUT2D eigenvalue weighted by atomic mass is 19.2. The molecule has 1 heterocycles. The maximum Gasteiger partial charge on any atom is 0.159 e. The maximum atomic E-state index is 13.2. The van der Waals surface area contributed by atoms with E-state index in [4.69, 9.17) is 4.74 Å². The molecular weight excluding hydrogens is 252 g/mol. The van der Waals surface area contributed by atoms with Crippen molar-refractivity contribution >= 4 is 0 Å². The zero-order chi connectivity index (χ0) is 13.8. The first kappa shape index (κ1) is 13.7. The smallest absolute Gasteiger partial charge is 0.159 e. The summed E-state index contributed by atoms with van der Waals surface area (Å²) in [6, 6.07) is 5.36. The number of methoxy groups -OCH3 is 1. The van der Waals surface area contributed by atoms with Crippen LogP contribution >= 0.6 is 0 Å². The van der Waals surface area contributed by atoms with Crippen molar-refractivity contribution in [1.29, 1.82) is 0 Å². The van der Waals surface area contributed by atoms with Crippen LogP contribution < -0.4 is 0 Å². The molecule has 0 saturated heterocycles. The van der Waals surface area contributed by atoms with E-state index in [1.807, 2.05) is 0 Å². The van der Waals surface area contributed by atoms with Crippen LogP contribution in [0.1, 0.15) is 6.04 Å². The molecule has 1 aromatic carbocycles. The molecule has 0 aliphatic heterocycles. The molecular formula is C14H15F2NO2. The van der Waals surface area contributed by atoms with Crippen LogP contribution in [-0.2, 0) is 4.74 Å². The Morgan fingerprint density at radius 1 is 1.21 bits per heavy atom. The van der Waals surface area contributed by atoms with E-state index in [9.17, 15) is 13.9 Å². The number of rotatable bonds is 5. The summed E-state index contributed by atoms with van der Waals surface area (Å²) >= 11 is 0. The summed E-state index contributed by atoms with van der Waals surface area (Å²) in [6.07, 6.45) is 3.54. The van der Waals surface area contributed by atoms with Crippen molar-refractivity contribution in [2.45, 2.75) is 6.04 Å². The highest BCUT2D eigenvalue weighted by Gasteiger charge is 2.11. The molecule has 0 bridgehead atoms. The first-order valence-corrected chi connectivity index (χ1v) is 5.88. The number of aliphatic hydroxyl groups excluding tert-OH is 1. The SMILES string of the molecule is COCC(CO)n1ccc(-c2ccc(F)c(F)c2)c1. The van der Waals surface area contributed by atoms with Gasteiger partial charge in [-0.2, -0.15) is 0 Å². The minimum Gasteiger partial charge on any atom is -0.394 e. The predicted octanol–water partition coefficient (Wildman–Crippen LogP) is 2.61. The van der Waals surface area contributed by atoms with Gasteiger partial charge < -0.3 is 14.4 Å². The highest BCUT2D eigenvalue weighted by molar-refractivity contribution is 5.62. The van der Waals surface area contributed by atoms with Crippen molar-refractivity contribution in [3.05, 3.63) is 48.3 Å². The zero-order valence-electron chi connectivity index (χ0n) is 10.5. The van der Waals surface area contributed by atoms with Crippen LogP contribution in [0.3, 0.4) is 0 Å². The molecule has 1 unspecified atom stereocenters. The highest BCUT2D eigenvalue weighted by Crippen LogP contribution is 2.23. The average Bonchev–Trinajstić information content (AvgIpc) is 2.88. The van der Waals surface area contributed by atoms with Crippen LogP contribution in [0, 0.1) is 11.6 Å². The van der Waals surface area contributed by atoms with Crippen LogP contribution in [0.2, 0.25) is 0 Å². The number of hydrogen-bond acceptors (Lipinski definition) is 2. The van der Waals surface area contributed by atoms with E-state index < -0.39 is 11.6 Å². The summed E-state index contributed by atoms with van der Waals surface area (Å²) in [5.41, 5.74) is 1.35. The Morgan fingerprint density at radius 3 is 2.63 bits per heavy atom. The molecule has 3 nitrogen and oxygen atoms in total. The standard InChI is InChI=1S/C14H15F2NO2/c1-19-9-12(8-18)17-5-4-11(7-17)10-2-3-13(15)14(16)6-10/h2-7,12,18H,8-9H2,1H3. The Hall–Kier alpha value is -1.72. The second-order valence-corrected chi connectivity index (χ2v) is 4.27. The monoisotopic (exact) mass is 267 g/mol. The molecule has 0 radical (unpaired) electrons. The van der Waals surface area contributed by atoms with Gasteiger partial charge in [0, 0.05) is 19.5 Å². The van der Waals surface area contributed by atoms with Gasteiger partial charge in [0.1, 0.15) is 0 Å². The lowest BCUT2D eigenvalue weighted by molar-refractivity contribution is 0.115. The molecule has 0 aliphatic carbocycles. The van der Waals surface area contributed by atoms with Crippen LogP contribution in [0.25, 0.3) is 11.1 Å². The quantitative estimate of drug-likeness (QED) is 0.903. The van der Waals surface area contributed by atoms with Crippen LogP contribution in [-0.4, -0.2) is 30.0 Å². The fraction of sp³-hybridized carbons (Fsp3) is 0.286. The van der Waals surface area contributed by atoms with Crippen molar-refractivity contribution in [1.82, 2.24) is 4.57 Å². The molecule has 0 spiro atoms. The molecule has 0 amide bonds. The number of aliphatic hydroxyl groups is 1. The van der Waals surface area contributed by atoms with E-state index in [2.05, 4.69) is 0 Å². The molecule has 2 aromatic rings. The number of benzene rings is 1. The maximum absolute atomic E-state index is 13.2. The Labute approximate surface area is 110 Å². The molecule has 0 saturated carbocycles. The van der Waals surface area contributed by atoms with Gasteiger partial charge in [0.05, 0.1) is 19.3 Å². The molecule has 102 valence electrons. The van der Waals surface area contributed by atoms with Gasteiger partial charge >= 0.3 is 0 Å². The number of hydrogen-bond donors (Lipinski definition) is 1. The van der Waals surface area contributed by atoms with Crippen molar-refractivity contribution < 1.29 is 18.6 Å². The number of aromatic nitrogens is 1. The third kappa shape index (κ3) is 3.00. The molecule has 19 heavy (non-hydrogen) atoms. The van der Waals surface area contributed by atoms with Gasteiger partial charge in [-0.05, 0) is 29.3 Å². The van der Waals surface area contributed by atoms with Gasteiger partial charge in [-0.25, -0.2) is 8.78 Å². The minimum absolute atomic E-state index is 0.0558. The first-order chi connectivity index (χ1) is 9.15. The topological polar surface area (TPSA) is 34.4 Å². The number of nitrogens with zero attached hydrogens (tertiary/aromatic N) is 1. The normalized spacial score (nSPS) is 12.6. The molecule has 0 fully saturated rings. The molecule has 5 heteroatoms. The third-order valence-electron chi connectivity index (χ3n) is 2.96. The summed E-state index contributed by atoms with van der Waals surface area (Å²) in [5.74, 6) is -1.74. The van der Waals surface area contributed by atoms with E-state index >= 15 is 0 Å². The second-order valence-electron chi connectivity index (χ2n) is 4.27. The Morgan fingerprint density at radius 2 is 2.00 bits per heavy atom. The molecule has 1 aromatic heterocycles. The van der Waals surface area contributed by atoms with E-state index in [0.29, 0.717) is 12.2 Å². The van der Waals surface area contributed by atoms with Crippen LogP contribution in [0.5, 0.6) is 0 Å². The Kier molecular flexibility index (Phi) is 4.29. The summed E-state index contributed by atoms with van der Waals surface area (Å²) in [5, 5.41) is 9.26. The van der Waals surface area contributed by atoms with Gasteiger partial charge in [-0.15, -0.1) is 0 Å². The summed E-state index contributed by atoms with van der Waals surface area (Å²) in [6.45, 7) is 0.322. The van der Waals surface area contributed by atoms with E-state index in [0.717, 1.165) is 17.7 Å². The fourth-order valence-electron chi connectivity index (χ4n) is 1.91. The Bertz CT molecular complexity index is 554. The third-order valence-corrected chi connectivity index (χ3v) is 2.96.